The van der Waals surface area contributed by atoms with Gasteiger partial charge in [0, 0.05) is 6.54 Å². The molecule has 12 heteroatoms. The van der Waals surface area contributed by atoms with Crippen LogP contribution in [-0.4, -0.2) is 35.7 Å². The molecule has 2 aromatic carbocycles. The van der Waals surface area contributed by atoms with Gasteiger partial charge in [0.05, 0.1) is 12.2 Å². The minimum atomic E-state index is -4.91. The molecule has 2 heterocycles. The number of halogens is 4. The summed E-state index contributed by atoms with van der Waals surface area (Å²) in [6.45, 7) is 0.427. The van der Waals surface area contributed by atoms with E-state index in [-0.39, 0.29) is 12.2 Å². The first-order valence-corrected chi connectivity index (χ1v) is 9.28. The summed E-state index contributed by atoms with van der Waals surface area (Å²) in [6.07, 6.45) is -1.96. The van der Waals surface area contributed by atoms with Gasteiger partial charge in [-0.3, -0.25) is 4.79 Å². The van der Waals surface area contributed by atoms with Gasteiger partial charge in [0.25, 0.3) is 5.91 Å². The van der Waals surface area contributed by atoms with Crippen molar-refractivity contribution < 1.29 is 22.4 Å². The van der Waals surface area contributed by atoms with E-state index in [1.165, 1.54) is 6.33 Å². The summed E-state index contributed by atoms with van der Waals surface area (Å²) in [7, 11) is 0. The van der Waals surface area contributed by atoms with Gasteiger partial charge in [-0.25, -0.2) is 18.7 Å². The molecule has 1 amide bonds. The second kappa shape index (κ2) is 8.57. The Morgan fingerprint density at radius 3 is 2.50 bits per heavy atom. The van der Waals surface area contributed by atoms with Gasteiger partial charge in [-0.1, -0.05) is 29.5 Å². The van der Waals surface area contributed by atoms with Crippen molar-refractivity contribution >= 4 is 5.91 Å². The highest BCUT2D eigenvalue weighted by Crippen LogP contribution is 2.32. The van der Waals surface area contributed by atoms with Gasteiger partial charge in [-0.2, -0.15) is 18.3 Å². The lowest BCUT2D eigenvalue weighted by Crippen LogP contribution is -2.27. The lowest BCUT2D eigenvalue weighted by Gasteiger charge is -2.11. The lowest BCUT2D eigenvalue weighted by atomic mass is 10.1. The Morgan fingerprint density at radius 1 is 1.06 bits per heavy atom. The van der Waals surface area contributed by atoms with E-state index >= 15 is 0 Å². The van der Waals surface area contributed by atoms with Gasteiger partial charge >= 0.3 is 6.18 Å². The van der Waals surface area contributed by atoms with Crippen LogP contribution in [-0.2, 0) is 19.3 Å². The summed E-state index contributed by atoms with van der Waals surface area (Å²) in [4.78, 5) is 16.4. The molecule has 164 valence electrons. The predicted molar refractivity (Wildman–Crippen MR) is 103 cm³/mol. The van der Waals surface area contributed by atoms with Crippen molar-refractivity contribution in [1.82, 2.24) is 35.1 Å². The number of carbonyl (C=O) groups excluding carboxylic acids is 1. The summed E-state index contributed by atoms with van der Waals surface area (Å²) in [5.41, 5.74) is -0.746. The average molecular weight is 445 g/mol. The van der Waals surface area contributed by atoms with Crippen LogP contribution in [0.25, 0.3) is 5.69 Å². The largest absolute Gasteiger partial charge is 0.435 e. The molecule has 0 fully saturated rings. The second-order valence-corrected chi connectivity index (χ2v) is 6.77. The van der Waals surface area contributed by atoms with Crippen LogP contribution in [0, 0.1) is 5.82 Å². The fourth-order valence-electron chi connectivity index (χ4n) is 3.06. The van der Waals surface area contributed by atoms with Crippen LogP contribution in [0.2, 0.25) is 0 Å². The number of rotatable bonds is 6. The number of benzene rings is 2. The predicted octanol–water partition coefficient (Wildman–Crippen LogP) is 3.00. The Bertz CT molecular complexity index is 1220. The number of carbonyl (C=O) groups is 1. The fraction of sp³-hybridized carbons (Fsp3) is 0.150. The first-order chi connectivity index (χ1) is 15.3. The van der Waals surface area contributed by atoms with Gasteiger partial charge in [-0.05, 0) is 35.4 Å². The van der Waals surface area contributed by atoms with Crippen molar-refractivity contribution in [2.45, 2.75) is 19.3 Å². The van der Waals surface area contributed by atoms with Crippen LogP contribution in [0.5, 0.6) is 0 Å². The normalized spacial score (nSPS) is 11.5. The quantitative estimate of drug-likeness (QED) is 0.461. The number of hydrogen-bond acceptors (Lipinski definition) is 5. The van der Waals surface area contributed by atoms with E-state index in [9.17, 15) is 22.4 Å². The van der Waals surface area contributed by atoms with E-state index in [4.69, 9.17) is 0 Å². The zero-order valence-corrected chi connectivity index (χ0v) is 16.3. The molecular formula is C20H15F4N7O. The topological polar surface area (TPSA) is 90.5 Å². The summed E-state index contributed by atoms with van der Waals surface area (Å²) in [5.74, 6) is -1.65. The number of amides is 1. The smallest absolute Gasteiger partial charge is 0.346 e. The molecule has 0 unspecified atom stereocenters. The highest BCUT2D eigenvalue weighted by molar-refractivity contribution is 5.93. The van der Waals surface area contributed by atoms with E-state index in [1.54, 1.807) is 29.2 Å². The maximum absolute atomic E-state index is 13.7. The molecule has 4 aromatic rings. The van der Waals surface area contributed by atoms with Crippen molar-refractivity contribution in [3.63, 3.8) is 0 Å². The second-order valence-electron chi connectivity index (χ2n) is 6.77. The van der Waals surface area contributed by atoms with Crippen LogP contribution >= 0.6 is 0 Å². The number of aromatic nitrogens is 6. The molecule has 0 radical (unpaired) electrons. The molecule has 0 aliphatic rings. The summed E-state index contributed by atoms with van der Waals surface area (Å²) < 4.78 is 56.3. The fourth-order valence-corrected chi connectivity index (χ4v) is 3.06. The van der Waals surface area contributed by atoms with E-state index in [0.717, 1.165) is 29.8 Å². The number of hydrogen-bond donors (Lipinski definition) is 1. The van der Waals surface area contributed by atoms with Crippen LogP contribution in [0.1, 0.15) is 27.3 Å². The van der Waals surface area contributed by atoms with Gasteiger partial charge in [-0.15, -0.1) is 5.10 Å². The third-order valence-electron chi connectivity index (χ3n) is 4.48. The number of alkyl halides is 3. The lowest BCUT2D eigenvalue weighted by molar-refractivity contribution is -0.143. The Morgan fingerprint density at radius 2 is 1.81 bits per heavy atom. The molecule has 0 aliphatic carbocycles. The van der Waals surface area contributed by atoms with Crippen molar-refractivity contribution in [1.29, 1.82) is 0 Å². The third kappa shape index (κ3) is 4.63. The molecule has 0 saturated carbocycles. The molecule has 2 aromatic heterocycles. The van der Waals surface area contributed by atoms with Gasteiger partial charge in [0.15, 0.2) is 11.4 Å². The molecule has 32 heavy (non-hydrogen) atoms. The minimum Gasteiger partial charge on any atom is -0.346 e. The van der Waals surface area contributed by atoms with E-state index in [1.807, 2.05) is 6.07 Å². The SMILES string of the molecule is O=C(NCc1cccc(Cn2cncn2)c1)c1nnn(-c2ccc(F)cc2)c1C(F)(F)F. The summed E-state index contributed by atoms with van der Waals surface area (Å²) in [6, 6.07) is 11.3. The molecule has 0 bridgehead atoms. The zero-order valence-electron chi connectivity index (χ0n) is 16.3. The maximum atomic E-state index is 13.7. The molecule has 0 spiro atoms. The number of nitrogens with one attached hydrogen (secondary N) is 1. The Hall–Kier alpha value is -4.09. The van der Waals surface area contributed by atoms with Crippen molar-refractivity contribution in [3.8, 4) is 5.69 Å². The van der Waals surface area contributed by atoms with E-state index < -0.39 is 29.3 Å². The standard InChI is InChI=1S/C20H15F4N7O/c21-15-4-6-16(7-5-15)31-18(20(22,23)24)17(28-29-31)19(32)26-9-13-2-1-3-14(8-13)10-30-12-25-11-27-30/h1-8,11-12H,9-10H2,(H,26,32). The molecule has 0 atom stereocenters. The molecule has 0 saturated heterocycles. The molecule has 4 rings (SSSR count). The van der Waals surface area contributed by atoms with E-state index in [2.05, 4.69) is 25.7 Å². The van der Waals surface area contributed by atoms with Crippen molar-refractivity contribution in [2.24, 2.45) is 0 Å². The van der Waals surface area contributed by atoms with E-state index in [0.29, 0.717) is 16.8 Å². The zero-order chi connectivity index (χ0) is 22.7. The van der Waals surface area contributed by atoms with Crippen LogP contribution in [0.15, 0.2) is 61.2 Å². The van der Waals surface area contributed by atoms with Crippen LogP contribution in [0.4, 0.5) is 17.6 Å². The Balaban J connectivity index is 1.53. The summed E-state index contributed by atoms with van der Waals surface area (Å²) >= 11 is 0. The van der Waals surface area contributed by atoms with Crippen molar-refractivity contribution in [2.75, 3.05) is 0 Å². The van der Waals surface area contributed by atoms with Gasteiger partial charge in [0.1, 0.15) is 18.5 Å². The molecule has 8 nitrogen and oxygen atoms in total. The minimum absolute atomic E-state index is 0.0231. The van der Waals surface area contributed by atoms with Crippen LogP contribution in [0.3, 0.4) is 0 Å². The van der Waals surface area contributed by atoms with Gasteiger partial charge in [0.2, 0.25) is 0 Å². The Kier molecular flexibility index (Phi) is 5.67. The maximum Gasteiger partial charge on any atom is 0.435 e. The first-order valence-electron chi connectivity index (χ1n) is 9.28. The molecular weight excluding hydrogens is 430 g/mol. The molecule has 1 N–H and O–H groups in total. The first kappa shape index (κ1) is 21.2. The highest BCUT2D eigenvalue weighted by atomic mass is 19.4. The monoisotopic (exact) mass is 445 g/mol. The van der Waals surface area contributed by atoms with Crippen molar-refractivity contribution in [3.05, 3.63) is 89.5 Å². The Labute approximate surface area is 178 Å². The average Bonchev–Trinajstić information content (AvgIpc) is 3.43. The van der Waals surface area contributed by atoms with Crippen LogP contribution < -0.4 is 5.32 Å². The highest BCUT2D eigenvalue weighted by Gasteiger charge is 2.42. The third-order valence-corrected chi connectivity index (χ3v) is 4.48. The van der Waals surface area contributed by atoms with Gasteiger partial charge < -0.3 is 5.32 Å². The number of nitrogens with zero attached hydrogens (tertiary/aromatic N) is 6. The summed E-state index contributed by atoms with van der Waals surface area (Å²) in [5, 5.41) is 13.3. The molecule has 0 aliphatic heterocycles.